The maximum absolute atomic E-state index is 12.4. The molecule has 110 valence electrons. The smallest absolute Gasteiger partial charge is 0.327 e. The van der Waals surface area contributed by atoms with Crippen molar-refractivity contribution in [2.45, 2.75) is 16.9 Å². The molecule has 0 radical (unpaired) electrons. The highest BCUT2D eigenvalue weighted by atomic mass is 32.2. The minimum absolute atomic E-state index is 0.0801. The zero-order valence-corrected chi connectivity index (χ0v) is 11.6. The molecule has 1 unspecified atom stereocenters. The summed E-state index contributed by atoms with van der Waals surface area (Å²) >= 11 is 0. The Labute approximate surface area is 116 Å². The molecular formula is C12H15NO6S. The molecule has 2 rings (SSSR count). The van der Waals surface area contributed by atoms with E-state index in [1.807, 2.05) is 0 Å². The maximum Gasteiger partial charge on any atom is 0.327 e. The van der Waals surface area contributed by atoms with Gasteiger partial charge in [-0.25, -0.2) is 8.42 Å². The van der Waals surface area contributed by atoms with Crippen LogP contribution in [-0.4, -0.2) is 45.4 Å². The van der Waals surface area contributed by atoms with Gasteiger partial charge in [0.15, 0.2) is 5.54 Å². The van der Waals surface area contributed by atoms with Gasteiger partial charge in [0.1, 0.15) is 10.6 Å². The van der Waals surface area contributed by atoms with Crippen LogP contribution in [0, 0.1) is 0 Å². The third-order valence-electron chi connectivity index (χ3n) is 3.12. The van der Waals surface area contributed by atoms with Crippen LogP contribution in [-0.2, 0) is 19.6 Å². The molecule has 0 aromatic heterocycles. The Morgan fingerprint density at radius 2 is 2.15 bits per heavy atom. The number of rotatable bonds is 5. The molecule has 1 aromatic carbocycles. The van der Waals surface area contributed by atoms with E-state index in [-0.39, 0.29) is 30.3 Å². The minimum atomic E-state index is -4.03. The molecule has 20 heavy (non-hydrogen) atoms. The van der Waals surface area contributed by atoms with Gasteiger partial charge in [0, 0.05) is 13.0 Å². The van der Waals surface area contributed by atoms with Crippen LogP contribution in [0.2, 0.25) is 0 Å². The Balaban J connectivity index is 2.38. The van der Waals surface area contributed by atoms with Crippen molar-refractivity contribution in [1.82, 2.24) is 4.72 Å². The van der Waals surface area contributed by atoms with Gasteiger partial charge in [0.05, 0.1) is 13.7 Å². The average Bonchev–Trinajstić information content (AvgIpc) is 2.88. The zero-order chi connectivity index (χ0) is 14.8. The molecule has 0 aliphatic carbocycles. The first-order valence-electron chi connectivity index (χ1n) is 5.89. The maximum atomic E-state index is 12.4. The van der Waals surface area contributed by atoms with Crippen molar-refractivity contribution in [3.8, 4) is 5.75 Å². The highest BCUT2D eigenvalue weighted by Crippen LogP contribution is 2.27. The molecule has 1 aliphatic heterocycles. The standard InChI is InChI=1S/C12H15NO6S/c1-18-9-4-2-3-5-10(9)20(16,17)13-12(11(14)15)6-7-19-8-12/h2-5,13H,6-8H2,1H3,(H,14,15). The van der Waals surface area contributed by atoms with Gasteiger partial charge in [-0.15, -0.1) is 0 Å². The zero-order valence-electron chi connectivity index (χ0n) is 10.8. The second kappa shape index (κ2) is 5.39. The Morgan fingerprint density at radius 3 is 2.70 bits per heavy atom. The molecule has 1 aromatic rings. The SMILES string of the molecule is COc1ccccc1S(=O)(=O)NC1(C(=O)O)CCOC1. The monoisotopic (exact) mass is 301 g/mol. The molecular weight excluding hydrogens is 286 g/mol. The van der Waals surface area contributed by atoms with Crippen LogP contribution in [0.25, 0.3) is 0 Å². The van der Waals surface area contributed by atoms with E-state index in [0.29, 0.717) is 0 Å². The number of carboxylic acid groups (broad SMARTS) is 1. The summed E-state index contributed by atoms with van der Waals surface area (Å²) in [4.78, 5) is 11.2. The number of nitrogens with one attached hydrogen (secondary N) is 1. The van der Waals surface area contributed by atoms with Gasteiger partial charge in [-0.3, -0.25) is 4.79 Å². The summed E-state index contributed by atoms with van der Waals surface area (Å²) < 4.78 is 37.0. The molecule has 0 saturated carbocycles. The summed E-state index contributed by atoms with van der Waals surface area (Å²) in [5.41, 5.74) is -1.63. The quantitative estimate of drug-likeness (QED) is 0.806. The van der Waals surface area contributed by atoms with E-state index in [1.54, 1.807) is 6.07 Å². The van der Waals surface area contributed by atoms with Gasteiger partial charge in [-0.1, -0.05) is 12.1 Å². The second-order valence-electron chi connectivity index (χ2n) is 4.45. The van der Waals surface area contributed by atoms with Crippen LogP contribution in [0.5, 0.6) is 5.75 Å². The fourth-order valence-corrected chi connectivity index (χ4v) is 3.56. The lowest BCUT2D eigenvalue weighted by molar-refractivity contribution is -0.144. The summed E-state index contributed by atoms with van der Waals surface area (Å²) in [7, 11) is -2.68. The Kier molecular flexibility index (Phi) is 3.98. The molecule has 2 N–H and O–H groups in total. The Morgan fingerprint density at radius 1 is 1.45 bits per heavy atom. The van der Waals surface area contributed by atoms with E-state index >= 15 is 0 Å². The van der Waals surface area contributed by atoms with Gasteiger partial charge in [-0.2, -0.15) is 4.72 Å². The summed E-state index contributed by atoms with van der Waals surface area (Å²) in [6.45, 7) is -0.00252. The van der Waals surface area contributed by atoms with E-state index in [4.69, 9.17) is 9.47 Å². The van der Waals surface area contributed by atoms with Gasteiger partial charge in [-0.05, 0) is 12.1 Å². The van der Waals surface area contributed by atoms with E-state index in [0.717, 1.165) is 0 Å². The predicted molar refractivity (Wildman–Crippen MR) is 69.1 cm³/mol. The molecule has 0 spiro atoms. The Bertz CT molecular complexity index is 606. The lowest BCUT2D eigenvalue weighted by Gasteiger charge is -2.23. The van der Waals surface area contributed by atoms with Crippen molar-refractivity contribution >= 4 is 16.0 Å². The average molecular weight is 301 g/mol. The van der Waals surface area contributed by atoms with Crippen LogP contribution in [0.4, 0.5) is 0 Å². The molecule has 7 nitrogen and oxygen atoms in total. The molecule has 1 aliphatic rings. The molecule has 1 heterocycles. The van der Waals surface area contributed by atoms with Crippen molar-refractivity contribution < 1.29 is 27.8 Å². The lowest BCUT2D eigenvalue weighted by Crippen LogP contribution is -2.55. The highest BCUT2D eigenvalue weighted by molar-refractivity contribution is 7.89. The van der Waals surface area contributed by atoms with Crippen LogP contribution in [0.3, 0.4) is 0 Å². The summed E-state index contributed by atoms with van der Waals surface area (Å²) in [6.07, 6.45) is 0.0801. The molecule has 1 fully saturated rings. The van der Waals surface area contributed by atoms with Gasteiger partial charge >= 0.3 is 5.97 Å². The van der Waals surface area contributed by atoms with E-state index in [2.05, 4.69) is 4.72 Å². The fourth-order valence-electron chi connectivity index (χ4n) is 2.01. The van der Waals surface area contributed by atoms with Crippen LogP contribution in [0.15, 0.2) is 29.2 Å². The third-order valence-corrected chi connectivity index (χ3v) is 4.70. The number of ether oxygens (including phenoxy) is 2. The summed E-state index contributed by atoms with van der Waals surface area (Å²) in [6, 6.07) is 6.01. The largest absolute Gasteiger partial charge is 0.495 e. The van der Waals surface area contributed by atoms with Crippen LogP contribution >= 0.6 is 0 Å². The van der Waals surface area contributed by atoms with Crippen molar-refractivity contribution in [3.63, 3.8) is 0 Å². The fraction of sp³-hybridized carbons (Fsp3) is 0.417. The number of hydrogen-bond donors (Lipinski definition) is 2. The van der Waals surface area contributed by atoms with E-state index in [9.17, 15) is 18.3 Å². The van der Waals surface area contributed by atoms with Crippen molar-refractivity contribution in [1.29, 1.82) is 0 Å². The summed E-state index contributed by atoms with van der Waals surface area (Å²) in [5, 5.41) is 9.26. The third kappa shape index (κ3) is 2.62. The number of aliphatic carboxylic acids is 1. The van der Waals surface area contributed by atoms with E-state index < -0.39 is 21.5 Å². The number of para-hydroxylation sites is 1. The number of sulfonamides is 1. The predicted octanol–water partition coefficient (Wildman–Crippen LogP) is 0.217. The summed E-state index contributed by atoms with van der Waals surface area (Å²) in [5.74, 6) is -1.10. The van der Waals surface area contributed by atoms with Crippen LogP contribution < -0.4 is 9.46 Å². The van der Waals surface area contributed by atoms with Crippen LogP contribution in [0.1, 0.15) is 6.42 Å². The van der Waals surface area contributed by atoms with Crippen molar-refractivity contribution in [2.75, 3.05) is 20.3 Å². The van der Waals surface area contributed by atoms with Crippen molar-refractivity contribution in [3.05, 3.63) is 24.3 Å². The van der Waals surface area contributed by atoms with Gasteiger partial charge in [0.25, 0.3) is 0 Å². The molecule has 0 amide bonds. The Hall–Kier alpha value is -1.64. The van der Waals surface area contributed by atoms with E-state index in [1.165, 1.54) is 25.3 Å². The normalized spacial score (nSPS) is 22.6. The van der Waals surface area contributed by atoms with Gasteiger partial charge < -0.3 is 14.6 Å². The molecule has 8 heteroatoms. The molecule has 1 saturated heterocycles. The highest BCUT2D eigenvalue weighted by Gasteiger charge is 2.46. The molecule has 0 bridgehead atoms. The molecule has 1 atom stereocenters. The number of methoxy groups -OCH3 is 1. The first kappa shape index (κ1) is 14.8. The number of carboxylic acids is 1. The topological polar surface area (TPSA) is 102 Å². The minimum Gasteiger partial charge on any atom is -0.495 e. The lowest BCUT2D eigenvalue weighted by atomic mass is 10.0. The second-order valence-corrected chi connectivity index (χ2v) is 6.10. The first-order valence-corrected chi connectivity index (χ1v) is 7.38. The van der Waals surface area contributed by atoms with Crippen molar-refractivity contribution in [2.24, 2.45) is 0 Å². The van der Waals surface area contributed by atoms with Gasteiger partial charge in [0.2, 0.25) is 10.0 Å². The first-order chi connectivity index (χ1) is 9.41. The number of carbonyl (C=O) groups is 1. The number of hydrogen-bond acceptors (Lipinski definition) is 5. The number of benzene rings is 1.